The molecule has 1 aromatic heterocycles. The first-order valence-electron chi connectivity index (χ1n) is 10.5. The first-order valence-corrected chi connectivity index (χ1v) is 12.4. The van der Waals surface area contributed by atoms with E-state index in [9.17, 15) is 12.8 Å². The minimum atomic E-state index is -3.20. The van der Waals surface area contributed by atoms with Gasteiger partial charge in [-0.3, -0.25) is 4.39 Å². The monoisotopic (exact) mass is 442 g/mol. The number of aryl methyl sites for hydroxylation is 1. The Labute approximate surface area is 182 Å². The third-order valence-electron chi connectivity index (χ3n) is 5.89. The molecule has 1 aliphatic heterocycles. The minimum absolute atomic E-state index is 0.176. The summed E-state index contributed by atoms with van der Waals surface area (Å²) < 4.78 is 42.0. The molecule has 0 unspecified atom stereocenters. The van der Waals surface area contributed by atoms with E-state index in [2.05, 4.69) is 9.88 Å². The summed E-state index contributed by atoms with van der Waals surface area (Å²) in [5.74, 6) is 1.58. The number of rotatable bonds is 7. The molecule has 1 fully saturated rings. The van der Waals surface area contributed by atoms with Crippen LogP contribution in [0.3, 0.4) is 0 Å². The van der Waals surface area contributed by atoms with Gasteiger partial charge in [-0.05, 0) is 55.3 Å². The summed E-state index contributed by atoms with van der Waals surface area (Å²) in [5.41, 5.74) is 3.77. The normalized spacial score (nSPS) is 17.3. The van der Waals surface area contributed by atoms with Crippen LogP contribution in [-0.4, -0.2) is 50.9 Å². The first kappa shape index (κ1) is 21.7. The van der Waals surface area contributed by atoms with Crippen molar-refractivity contribution in [3.05, 3.63) is 60.0 Å². The van der Waals surface area contributed by atoms with E-state index in [1.54, 1.807) is 12.1 Å². The van der Waals surface area contributed by atoms with Crippen LogP contribution in [0.4, 0.5) is 4.39 Å². The standard InChI is InChI=1S/C24H27FN2O3S/c1-17-23(12-14-27-13-11-18(15-25)16-27)26-24(30-17)21-5-3-19(4-6-21)20-7-9-22(10-8-20)31(2,28)29/h3-10,18H,11-16H2,1-2H3/t18-/m1/s1. The van der Waals surface area contributed by atoms with E-state index in [1.807, 2.05) is 43.3 Å². The van der Waals surface area contributed by atoms with Crippen molar-refractivity contribution in [1.29, 1.82) is 0 Å². The molecule has 0 aliphatic carbocycles. The summed E-state index contributed by atoms with van der Waals surface area (Å²) in [7, 11) is -3.20. The zero-order valence-corrected chi connectivity index (χ0v) is 18.7. The highest BCUT2D eigenvalue weighted by molar-refractivity contribution is 7.90. The van der Waals surface area contributed by atoms with E-state index in [0.717, 1.165) is 60.6 Å². The molecule has 0 amide bonds. The van der Waals surface area contributed by atoms with Gasteiger partial charge in [0.25, 0.3) is 0 Å². The molecule has 0 bridgehead atoms. The van der Waals surface area contributed by atoms with Gasteiger partial charge in [0.2, 0.25) is 5.89 Å². The van der Waals surface area contributed by atoms with Crippen LogP contribution in [0.2, 0.25) is 0 Å². The fourth-order valence-electron chi connectivity index (χ4n) is 3.99. The number of alkyl halides is 1. The second kappa shape index (κ2) is 8.93. The van der Waals surface area contributed by atoms with Crippen LogP contribution in [0.25, 0.3) is 22.6 Å². The Morgan fingerprint density at radius 2 is 1.68 bits per heavy atom. The van der Waals surface area contributed by atoms with Crippen molar-refractivity contribution in [2.75, 3.05) is 32.6 Å². The number of likely N-dealkylation sites (tertiary alicyclic amines) is 1. The van der Waals surface area contributed by atoms with Crippen molar-refractivity contribution >= 4 is 9.84 Å². The van der Waals surface area contributed by atoms with Gasteiger partial charge in [0.15, 0.2) is 9.84 Å². The zero-order chi connectivity index (χ0) is 22.0. The highest BCUT2D eigenvalue weighted by Crippen LogP contribution is 2.27. The van der Waals surface area contributed by atoms with Gasteiger partial charge in [-0.2, -0.15) is 0 Å². The molecule has 4 rings (SSSR count). The molecule has 164 valence electrons. The molecule has 31 heavy (non-hydrogen) atoms. The molecule has 0 N–H and O–H groups in total. The Kier molecular flexibility index (Phi) is 6.25. The van der Waals surface area contributed by atoms with Gasteiger partial charge in [-0.1, -0.05) is 24.3 Å². The van der Waals surface area contributed by atoms with Crippen molar-refractivity contribution in [3.63, 3.8) is 0 Å². The van der Waals surface area contributed by atoms with Crippen molar-refractivity contribution in [3.8, 4) is 22.6 Å². The third-order valence-corrected chi connectivity index (χ3v) is 7.02. The lowest BCUT2D eigenvalue weighted by Gasteiger charge is -2.14. The third kappa shape index (κ3) is 5.05. The predicted molar refractivity (Wildman–Crippen MR) is 119 cm³/mol. The van der Waals surface area contributed by atoms with Crippen LogP contribution in [0.1, 0.15) is 17.9 Å². The van der Waals surface area contributed by atoms with Crippen LogP contribution in [0, 0.1) is 12.8 Å². The lowest BCUT2D eigenvalue weighted by atomic mass is 10.0. The van der Waals surface area contributed by atoms with Crippen LogP contribution in [-0.2, 0) is 16.3 Å². The van der Waals surface area contributed by atoms with Gasteiger partial charge in [-0.15, -0.1) is 0 Å². The Morgan fingerprint density at radius 1 is 1.06 bits per heavy atom. The smallest absolute Gasteiger partial charge is 0.226 e. The molecule has 5 nitrogen and oxygen atoms in total. The van der Waals surface area contributed by atoms with Crippen molar-refractivity contribution < 1.29 is 17.2 Å². The predicted octanol–water partition coefficient (Wildman–Crippen LogP) is 4.55. The summed E-state index contributed by atoms with van der Waals surface area (Å²) in [5, 5.41) is 0. The Morgan fingerprint density at radius 3 is 2.26 bits per heavy atom. The molecule has 1 aliphatic rings. The number of aromatic nitrogens is 1. The number of nitrogens with zero attached hydrogens (tertiary/aromatic N) is 2. The largest absolute Gasteiger partial charge is 0.441 e. The SMILES string of the molecule is Cc1oc(-c2ccc(-c3ccc(S(C)(=O)=O)cc3)cc2)nc1CCN1CC[C@H](CF)C1. The Balaban J connectivity index is 1.44. The van der Waals surface area contributed by atoms with Gasteiger partial charge < -0.3 is 9.32 Å². The Hall–Kier alpha value is -2.51. The Bertz CT molecular complexity index is 1140. The number of halogens is 1. The van der Waals surface area contributed by atoms with Gasteiger partial charge in [0.05, 0.1) is 17.3 Å². The van der Waals surface area contributed by atoms with Crippen molar-refractivity contribution in [2.45, 2.75) is 24.7 Å². The van der Waals surface area contributed by atoms with E-state index in [1.165, 1.54) is 6.26 Å². The van der Waals surface area contributed by atoms with E-state index in [-0.39, 0.29) is 12.6 Å². The number of sulfone groups is 1. The molecule has 1 saturated heterocycles. The van der Waals surface area contributed by atoms with Gasteiger partial charge in [-0.25, -0.2) is 13.4 Å². The number of oxazole rings is 1. The molecule has 2 aromatic carbocycles. The number of hydrogen-bond donors (Lipinski definition) is 0. The summed E-state index contributed by atoms with van der Waals surface area (Å²) in [6, 6.07) is 14.7. The molecule has 0 spiro atoms. The zero-order valence-electron chi connectivity index (χ0n) is 17.8. The average Bonchev–Trinajstić information content (AvgIpc) is 3.38. The molecule has 3 aromatic rings. The second-order valence-corrected chi connectivity index (χ2v) is 10.3. The van der Waals surface area contributed by atoms with E-state index >= 15 is 0 Å². The van der Waals surface area contributed by atoms with Crippen molar-refractivity contribution in [2.24, 2.45) is 5.92 Å². The molecule has 1 atom stereocenters. The number of hydrogen-bond acceptors (Lipinski definition) is 5. The van der Waals surface area contributed by atoms with E-state index in [4.69, 9.17) is 4.42 Å². The molecular formula is C24H27FN2O3S. The average molecular weight is 443 g/mol. The lowest BCUT2D eigenvalue weighted by molar-refractivity contribution is 0.304. The molecular weight excluding hydrogens is 415 g/mol. The summed E-state index contributed by atoms with van der Waals surface area (Å²) in [4.78, 5) is 7.29. The maximum atomic E-state index is 12.8. The maximum Gasteiger partial charge on any atom is 0.226 e. The van der Waals surface area contributed by atoms with Crippen LogP contribution >= 0.6 is 0 Å². The topological polar surface area (TPSA) is 63.4 Å². The molecule has 0 radical (unpaired) electrons. The second-order valence-electron chi connectivity index (χ2n) is 8.26. The summed E-state index contributed by atoms with van der Waals surface area (Å²) in [6.45, 7) is 4.34. The maximum absolute atomic E-state index is 12.8. The van der Waals surface area contributed by atoms with Gasteiger partial charge >= 0.3 is 0 Å². The first-order chi connectivity index (χ1) is 14.8. The number of benzene rings is 2. The molecule has 2 heterocycles. The fourth-order valence-corrected chi connectivity index (χ4v) is 4.62. The lowest BCUT2D eigenvalue weighted by Crippen LogP contribution is -2.24. The van der Waals surface area contributed by atoms with Gasteiger partial charge in [0.1, 0.15) is 5.76 Å². The highest BCUT2D eigenvalue weighted by atomic mass is 32.2. The van der Waals surface area contributed by atoms with Crippen LogP contribution in [0.15, 0.2) is 57.8 Å². The summed E-state index contributed by atoms with van der Waals surface area (Å²) >= 11 is 0. The quantitative estimate of drug-likeness (QED) is 0.537. The highest BCUT2D eigenvalue weighted by Gasteiger charge is 2.22. The molecule has 7 heteroatoms. The van der Waals surface area contributed by atoms with Gasteiger partial charge in [0, 0.05) is 37.2 Å². The summed E-state index contributed by atoms with van der Waals surface area (Å²) in [6.07, 6.45) is 2.93. The van der Waals surface area contributed by atoms with Crippen LogP contribution < -0.4 is 0 Å². The van der Waals surface area contributed by atoms with Crippen LogP contribution in [0.5, 0.6) is 0 Å². The van der Waals surface area contributed by atoms with E-state index < -0.39 is 9.84 Å². The fraction of sp³-hybridized carbons (Fsp3) is 0.375. The van der Waals surface area contributed by atoms with E-state index in [0.29, 0.717) is 10.8 Å². The minimum Gasteiger partial charge on any atom is -0.441 e. The molecule has 0 saturated carbocycles. The van der Waals surface area contributed by atoms with Crippen molar-refractivity contribution in [1.82, 2.24) is 9.88 Å².